The molecule has 2 aromatic carbocycles. The second kappa shape index (κ2) is 5.64. The molecule has 0 saturated carbocycles. The van der Waals surface area contributed by atoms with E-state index in [4.69, 9.17) is 0 Å². The maximum Gasteiger partial charge on any atom is 0.238 e. The van der Waals surface area contributed by atoms with Gasteiger partial charge in [-0.25, -0.2) is 0 Å². The van der Waals surface area contributed by atoms with E-state index in [0.717, 1.165) is 12.1 Å². The van der Waals surface area contributed by atoms with Crippen molar-refractivity contribution in [3.63, 3.8) is 0 Å². The van der Waals surface area contributed by atoms with Gasteiger partial charge in [0.15, 0.2) is 0 Å². The molecule has 2 nitrogen and oxygen atoms in total. The molecule has 21 heavy (non-hydrogen) atoms. The molecule has 0 saturated heterocycles. The number of carbonyl (C=O) groups excluding carboxylic acids is 1. The highest BCUT2D eigenvalue weighted by Crippen LogP contribution is 2.37. The number of rotatable bonds is 3. The molecule has 0 radical (unpaired) electrons. The van der Waals surface area contributed by atoms with Crippen molar-refractivity contribution in [2.75, 3.05) is 5.32 Å². The molecule has 0 heterocycles. The normalized spacial score (nSPS) is 13.7. The lowest BCUT2D eigenvalue weighted by Gasteiger charge is -2.14. The molecule has 0 fully saturated rings. The summed E-state index contributed by atoms with van der Waals surface area (Å²) >= 11 is 3.44. The number of nitrogens with one attached hydrogen (secondary N) is 1. The van der Waals surface area contributed by atoms with E-state index in [0.29, 0.717) is 0 Å². The van der Waals surface area contributed by atoms with Crippen molar-refractivity contribution < 1.29 is 4.79 Å². The van der Waals surface area contributed by atoms with Gasteiger partial charge in [0, 0.05) is 5.69 Å². The van der Waals surface area contributed by atoms with E-state index >= 15 is 0 Å². The molecule has 3 heteroatoms. The summed E-state index contributed by atoms with van der Waals surface area (Å²) in [6, 6.07) is 14.7. The summed E-state index contributed by atoms with van der Waals surface area (Å²) in [5, 5.41) is 2.99. The largest absolute Gasteiger partial charge is 0.325 e. The molecular weight excluding hydrogens is 326 g/mol. The fourth-order valence-electron chi connectivity index (χ4n) is 2.74. The average molecular weight is 344 g/mol. The Bertz CT molecular complexity index is 693. The molecule has 0 spiro atoms. The van der Waals surface area contributed by atoms with E-state index in [1.54, 1.807) is 0 Å². The summed E-state index contributed by atoms with van der Waals surface area (Å²) in [5.41, 5.74) is 6.10. The van der Waals surface area contributed by atoms with Crippen LogP contribution in [0.1, 0.15) is 25.0 Å². The van der Waals surface area contributed by atoms with Gasteiger partial charge in [0.25, 0.3) is 0 Å². The van der Waals surface area contributed by atoms with Gasteiger partial charge in [0.2, 0.25) is 5.91 Å². The number of anilines is 1. The van der Waals surface area contributed by atoms with Gasteiger partial charge in [-0.05, 0) is 46.7 Å². The molecule has 1 aliphatic carbocycles. The van der Waals surface area contributed by atoms with Crippen LogP contribution in [0.25, 0.3) is 11.1 Å². The summed E-state index contributed by atoms with van der Waals surface area (Å²) in [6.45, 7) is 4.05. The molecule has 3 rings (SSSR count). The van der Waals surface area contributed by atoms with Crippen LogP contribution in [0, 0.1) is 5.92 Å². The fourth-order valence-corrected chi connectivity index (χ4v) is 2.85. The number of benzene rings is 2. The first-order valence-corrected chi connectivity index (χ1v) is 8.14. The molecule has 1 N–H and O–H groups in total. The Morgan fingerprint density at radius 3 is 2.57 bits per heavy atom. The number of hydrogen-bond acceptors (Lipinski definition) is 1. The first kappa shape index (κ1) is 14.3. The SMILES string of the molecule is CC(C)C(Br)C(=O)Nc1ccc2c(c1)Cc1ccccc1-2. The second-order valence-corrected chi connectivity index (χ2v) is 6.83. The van der Waals surface area contributed by atoms with E-state index in [1.807, 2.05) is 19.9 Å². The van der Waals surface area contributed by atoms with Crippen LogP contribution in [0.4, 0.5) is 5.69 Å². The lowest BCUT2D eigenvalue weighted by atomic mass is 10.1. The maximum absolute atomic E-state index is 12.1. The molecule has 1 amide bonds. The number of fused-ring (bicyclic) bond motifs is 3. The van der Waals surface area contributed by atoms with Crippen LogP contribution in [0.15, 0.2) is 42.5 Å². The van der Waals surface area contributed by atoms with E-state index in [-0.39, 0.29) is 16.7 Å². The third kappa shape index (κ3) is 2.75. The van der Waals surface area contributed by atoms with Crippen molar-refractivity contribution >= 4 is 27.5 Å². The summed E-state index contributed by atoms with van der Waals surface area (Å²) in [5.74, 6) is 0.282. The predicted molar refractivity (Wildman–Crippen MR) is 90.9 cm³/mol. The summed E-state index contributed by atoms with van der Waals surface area (Å²) in [7, 11) is 0. The van der Waals surface area contributed by atoms with Gasteiger partial charge < -0.3 is 5.32 Å². The number of amides is 1. The second-order valence-electron chi connectivity index (χ2n) is 5.84. The first-order chi connectivity index (χ1) is 10.1. The van der Waals surface area contributed by atoms with Gasteiger partial charge >= 0.3 is 0 Å². The topological polar surface area (TPSA) is 29.1 Å². The zero-order valence-electron chi connectivity index (χ0n) is 12.2. The number of carbonyl (C=O) groups is 1. The smallest absolute Gasteiger partial charge is 0.238 e. The standard InChI is InChI=1S/C18H18BrNO/c1-11(2)17(19)18(21)20-14-7-8-16-13(10-14)9-12-5-3-4-6-15(12)16/h3-8,10-11,17H,9H2,1-2H3,(H,20,21). The number of hydrogen-bond donors (Lipinski definition) is 1. The third-order valence-corrected chi connectivity index (χ3v) is 5.37. The Morgan fingerprint density at radius 2 is 1.81 bits per heavy atom. The molecule has 1 aliphatic rings. The highest BCUT2D eigenvalue weighted by molar-refractivity contribution is 9.10. The minimum absolute atomic E-state index is 0.0143. The number of alkyl halides is 1. The Hall–Kier alpha value is -1.61. The number of halogens is 1. The van der Waals surface area contributed by atoms with Crippen molar-refractivity contribution in [3.05, 3.63) is 53.6 Å². The molecule has 0 bridgehead atoms. The average Bonchev–Trinajstić information content (AvgIpc) is 2.83. The van der Waals surface area contributed by atoms with Crippen LogP contribution in [0.3, 0.4) is 0 Å². The monoisotopic (exact) mass is 343 g/mol. The van der Waals surface area contributed by atoms with Crippen molar-refractivity contribution in [1.29, 1.82) is 0 Å². The highest BCUT2D eigenvalue weighted by atomic mass is 79.9. The zero-order chi connectivity index (χ0) is 15.0. The van der Waals surface area contributed by atoms with Crippen molar-refractivity contribution in [2.24, 2.45) is 5.92 Å². The third-order valence-electron chi connectivity index (χ3n) is 3.90. The Labute approximate surface area is 133 Å². The molecule has 2 aromatic rings. The van der Waals surface area contributed by atoms with E-state index in [2.05, 4.69) is 57.6 Å². The molecule has 0 aromatic heterocycles. The molecule has 1 atom stereocenters. The van der Waals surface area contributed by atoms with Gasteiger partial charge in [0.1, 0.15) is 0 Å². The zero-order valence-corrected chi connectivity index (χ0v) is 13.8. The molecular formula is C18H18BrNO. The van der Waals surface area contributed by atoms with Gasteiger partial charge in [0.05, 0.1) is 4.83 Å². The molecule has 108 valence electrons. The lowest BCUT2D eigenvalue weighted by molar-refractivity contribution is -0.116. The van der Waals surface area contributed by atoms with Crippen LogP contribution < -0.4 is 5.32 Å². The fraction of sp³-hybridized carbons (Fsp3) is 0.278. The van der Waals surface area contributed by atoms with Crippen LogP contribution in [-0.2, 0) is 11.2 Å². The van der Waals surface area contributed by atoms with Gasteiger partial charge in [-0.1, -0.05) is 60.1 Å². The summed E-state index contributed by atoms with van der Waals surface area (Å²) in [4.78, 5) is 12.0. The minimum Gasteiger partial charge on any atom is -0.325 e. The van der Waals surface area contributed by atoms with Crippen molar-refractivity contribution in [3.8, 4) is 11.1 Å². The van der Waals surface area contributed by atoms with Gasteiger partial charge in [-0.2, -0.15) is 0 Å². The van der Waals surface area contributed by atoms with Crippen LogP contribution >= 0.6 is 15.9 Å². The Kier molecular flexibility index (Phi) is 3.85. The van der Waals surface area contributed by atoms with Gasteiger partial charge in [-0.15, -0.1) is 0 Å². The minimum atomic E-state index is -0.164. The van der Waals surface area contributed by atoms with Gasteiger partial charge in [-0.3, -0.25) is 4.79 Å². The highest BCUT2D eigenvalue weighted by Gasteiger charge is 2.21. The van der Waals surface area contributed by atoms with E-state index in [9.17, 15) is 4.79 Å². The Morgan fingerprint density at radius 1 is 1.10 bits per heavy atom. The van der Waals surface area contributed by atoms with E-state index in [1.165, 1.54) is 22.3 Å². The molecule has 0 aliphatic heterocycles. The predicted octanol–water partition coefficient (Wildman–Crippen LogP) is 4.62. The quantitative estimate of drug-likeness (QED) is 0.691. The van der Waals surface area contributed by atoms with Crippen LogP contribution in [0.2, 0.25) is 0 Å². The molecule has 1 unspecified atom stereocenters. The summed E-state index contributed by atoms with van der Waals surface area (Å²) in [6.07, 6.45) is 0.942. The Balaban J connectivity index is 1.83. The maximum atomic E-state index is 12.1. The lowest BCUT2D eigenvalue weighted by Crippen LogP contribution is -2.26. The van der Waals surface area contributed by atoms with Crippen LogP contribution in [-0.4, -0.2) is 10.7 Å². The van der Waals surface area contributed by atoms with E-state index < -0.39 is 0 Å². The van der Waals surface area contributed by atoms with Crippen LogP contribution in [0.5, 0.6) is 0 Å². The van der Waals surface area contributed by atoms with Crippen molar-refractivity contribution in [1.82, 2.24) is 0 Å². The van der Waals surface area contributed by atoms with Crippen molar-refractivity contribution in [2.45, 2.75) is 25.1 Å². The summed E-state index contributed by atoms with van der Waals surface area (Å²) < 4.78 is 0. The first-order valence-electron chi connectivity index (χ1n) is 7.22.